The second-order valence-corrected chi connectivity index (χ2v) is 7.43. The van der Waals surface area contributed by atoms with Gasteiger partial charge < -0.3 is 25.2 Å². The summed E-state index contributed by atoms with van der Waals surface area (Å²) in [7, 11) is 3.18. The van der Waals surface area contributed by atoms with Gasteiger partial charge in [0.1, 0.15) is 0 Å². The third kappa shape index (κ3) is 4.18. The van der Waals surface area contributed by atoms with Crippen molar-refractivity contribution in [2.24, 2.45) is 0 Å². The highest BCUT2D eigenvalue weighted by molar-refractivity contribution is 9.10. The van der Waals surface area contributed by atoms with Crippen molar-refractivity contribution in [1.29, 1.82) is 0 Å². The number of anilines is 4. The van der Waals surface area contributed by atoms with Crippen molar-refractivity contribution in [3.05, 3.63) is 52.5 Å². The van der Waals surface area contributed by atoms with Crippen LogP contribution in [0.25, 0.3) is 0 Å². The maximum absolute atomic E-state index is 12.3. The monoisotopic (exact) mass is 449 g/mol. The number of para-hydroxylation sites is 1. The molecule has 0 aliphatic carbocycles. The van der Waals surface area contributed by atoms with Gasteiger partial charge in [-0.25, -0.2) is 0 Å². The summed E-state index contributed by atoms with van der Waals surface area (Å²) in [6.07, 6.45) is 0. The lowest BCUT2D eigenvalue weighted by molar-refractivity contribution is 0.0824. The fraction of sp³-hybridized carbons (Fsp3) is 0.118. The molecule has 0 spiro atoms. The van der Waals surface area contributed by atoms with Crippen molar-refractivity contribution in [2.75, 3.05) is 24.7 Å². The molecule has 3 N–H and O–H groups in total. The van der Waals surface area contributed by atoms with Crippen LogP contribution in [0.4, 0.5) is 23.0 Å². The summed E-state index contributed by atoms with van der Waals surface area (Å²) in [4.78, 5) is 13.7. The molecule has 140 valence electrons. The van der Waals surface area contributed by atoms with Crippen LogP contribution in [0.3, 0.4) is 0 Å². The van der Waals surface area contributed by atoms with Crippen LogP contribution in [-0.4, -0.2) is 43.3 Å². The first kappa shape index (κ1) is 19.1. The van der Waals surface area contributed by atoms with Crippen LogP contribution in [-0.2, 0) is 0 Å². The Bertz CT molecular complexity index is 978. The van der Waals surface area contributed by atoms with Gasteiger partial charge in [-0.05, 0) is 40.2 Å². The molecule has 0 fully saturated rings. The Balaban J connectivity index is 1.94. The Labute approximate surface area is 167 Å². The number of phenolic OH excluding ortho intramolecular Hbond substituents is 1. The van der Waals surface area contributed by atoms with Gasteiger partial charge in [0.2, 0.25) is 11.6 Å². The first-order valence-electron chi connectivity index (χ1n) is 7.79. The van der Waals surface area contributed by atoms with Gasteiger partial charge in [-0.3, -0.25) is 4.79 Å². The number of hydrogen-bond acceptors (Lipinski definition) is 7. The molecule has 8 nitrogen and oxygen atoms in total. The molecule has 0 aliphatic rings. The molecule has 1 aromatic heterocycles. The molecule has 0 saturated heterocycles. The Morgan fingerprint density at radius 1 is 1.11 bits per heavy atom. The highest BCUT2D eigenvalue weighted by atomic mass is 79.9. The molecule has 1 heterocycles. The third-order valence-corrected chi connectivity index (χ3v) is 4.94. The van der Waals surface area contributed by atoms with Gasteiger partial charge in [0.05, 0.1) is 11.3 Å². The molecule has 27 heavy (non-hydrogen) atoms. The number of nitrogens with zero attached hydrogens (tertiary/aromatic N) is 3. The topological polar surface area (TPSA) is 113 Å². The van der Waals surface area contributed by atoms with Crippen molar-refractivity contribution < 1.29 is 14.5 Å². The number of amides is 1. The molecular formula is C17H16BrN5O3S. The van der Waals surface area contributed by atoms with E-state index in [1.165, 1.54) is 4.90 Å². The molecule has 3 aromatic rings. The first-order valence-corrected chi connectivity index (χ1v) is 9.64. The Hall–Kier alpha value is -2.69. The van der Waals surface area contributed by atoms with Crippen LogP contribution in [0.1, 0.15) is 10.4 Å². The van der Waals surface area contributed by atoms with Gasteiger partial charge in [0, 0.05) is 33.0 Å². The van der Waals surface area contributed by atoms with E-state index in [1.54, 1.807) is 26.2 Å². The van der Waals surface area contributed by atoms with E-state index in [1.807, 2.05) is 30.3 Å². The van der Waals surface area contributed by atoms with Gasteiger partial charge >= 0.3 is 0 Å². The summed E-state index contributed by atoms with van der Waals surface area (Å²) in [5.74, 6) is -0.154. The fourth-order valence-electron chi connectivity index (χ4n) is 2.31. The van der Waals surface area contributed by atoms with Crippen LogP contribution in [0.15, 0.2) is 46.9 Å². The zero-order valence-corrected chi connectivity index (χ0v) is 16.8. The summed E-state index contributed by atoms with van der Waals surface area (Å²) in [5.41, 5.74) is 1.09. The second-order valence-electron chi connectivity index (χ2n) is 5.74. The number of hydrogen-bond donors (Lipinski definition) is 3. The average molecular weight is 450 g/mol. The second kappa shape index (κ2) is 7.91. The number of benzene rings is 2. The van der Waals surface area contributed by atoms with Crippen LogP contribution in [0.2, 0.25) is 0 Å². The molecule has 0 radical (unpaired) electrons. The van der Waals surface area contributed by atoms with E-state index in [2.05, 4.69) is 35.3 Å². The number of aromatic nitrogens is 2. The van der Waals surface area contributed by atoms with E-state index in [0.717, 1.165) is 5.69 Å². The summed E-state index contributed by atoms with van der Waals surface area (Å²) in [6.45, 7) is 0. The predicted octanol–water partition coefficient (Wildman–Crippen LogP) is 3.86. The van der Waals surface area contributed by atoms with E-state index >= 15 is 0 Å². The lowest BCUT2D eigenvalue weighted by Gasteiger charge is -2.15. The Morgan fingerprint density at radius 2 is 1.74 bits per heavy atom. The largest absolute Gasteiger partial charge is 0.546 e. The van der Waals surface area contributed by atoms with Crippen molar-refractivity contribution in [3.63, 3.8) is 0 Å². The number of phenols is 1. The van der Waals surface area contributed by atoms with E-state index in [9.17, 15) is 14.5 Å². The molecular weight excluding hydrogens is 434 g/mol. The lowest BCUT2D eigenvalue weighted by atomic mass is 10.1. The summed E-state index contributed by atoms with van der Waals surface area (Å²) in [5, 5.41) is 16.5. The number of carbonyl (C=O) groups excluding carboxylic acids is 1. The first-order chi connectivity index (χ1) is 12.9. The van der Waals surface area contributed by atoms with E-state index in [4.69, 9.17) is 0 Å². The molecule has 0 bridgehead atoms. The predicted molar refractivity (Wildman–Crippen MR) is 108 cm³/mol. The lowest BCUT2D eigenvalue weighted by Crippen LogP contribution is -2.22. The van der Waals surface area contributed by atoms with Crippen molar-refractivity contribution in [1.82, 2.24) is 13.6 Å². The zero-order chi connectivity index (χ0) is 19.6. The average Bonchev–Trinajstić information content (AvgIpc) is 2.97. The highest BCUT2D eigenvalue weighted by Gasteiger charge is 2.23. The molecule has 2 aromatic carbocycles. The van der Waals surface area contributed by atoms with Gasteiger partial charge in [-0.2, -0.15) is 0 Å². The minimum atomic E-state index is -1.78. The highest BCUT2D eigenvalue weighted by Crippen LogP contribution is 2.37. The minimum Gasteiger partial charge on any atom is -0.546 e. The van der Waals surface area contributed by atoms with Gasteiger partial charge in [-0.15, -0.1) is 0 Å². The van der Waals surface area contributed by atoms with E-state index in [0.29, 0.717) is 4.47 Å². The maximum atomic E-state index is 12.3. The summed E-state index contributed by atoms with van der Waals surface area (Å²) >= 11 is 1.50. The van der Waals surface area contributed by atoms with Gasteiger partial charge in [0.25, 0.3) is 5.91 Å². The Kier molecular flexibility index (Phi) is 5.59. The fourth-order valence-corrected chi connectivity index (χ4v) is 3.41. The molecule has 1 atom stereocenters. The molecule has 0 aliphatic heterocycles. The van der Waals surface area contributed by atoms with E-state index < -0.39 is 11.1 Å². The van der Waals surface area contributed by atoms with Crippen LogP contribution in [0.5, 0.6) is 5.75 Å². The van der Waals surface area contributed by atoms with Crippen molar-refractivity contribution >= 4 is 56.0 Å². The number of rotatable bonds is 5. The number of halogens is 1. The van der Waals surface area contributed by atoms with E-state index in [-0.39, 0.29) is 34.5 Å². The van der Waals surface area contributed by atoms with Crippen LogP contribution in [0, 0.1) is 0 Å². The zero-order valence-electron chi connectivity index (χ0n) is 14.4. The minimum absolute atomic E-state index is 0.110. The number of aromatic hydroxyl groups is 1. The molecule has 1 amide bonds. The van der Waals surface area contributed by atoms with Crippen LogP contribution >= 0.6 is 27.1 Å². The van der Waals surface area contributed by atoms with Crippen molar-refractivity contribution in [3.8, 4) is 5.75 Å². The molecule has 10 heteroatoms. The smallest absolute Gasteiger partial charge is 0.258 e. The number of nitrogens with one attached hydrogen (secondary N) is 2. The quantitative estimate of drug-likeness (QED) is 0.400. The molecule has 0 saturated carbocycles. The SMILES string of the molecule is CN(C)C(=O)c1c(Br)ccc(Nc2n[s+]([O-])nc2Nc2ccccc2)c1O. The summed E-state index contributed by atoms with van der Waals surface area (Å²) < 4.78 is 20.1. The van der Waals surface area contributed by atoms with Crippen LogP contribution < -0.4 is 10.6 Å². The Morgan fingerprint density at radius 3 is 2.37 bits per heavy atom. The standard InChI is InChI=1S/C17H16BrN5O3S/c1-23(2)17(25)13-11(18)8-9-12(14(13)24)20-16-15(21-27(26)22-16)19-10-6-4-3-5-7-10/h3-9,24H,1-2H3,(H,19,21)(H,20,22). The molecule has 1 unspecified atom stereocenters. The van der Waals surface area contributed by atoms with Gasteiger partial charge in [0.15, 0.2) is 16.9 Å². The van der Waals surface area contributed by atoms with Crippen molar-refractivity contribution in [2.45, 2.75) is 0 Å². The maximum Gasteiger partial charge on any atom is 0.258 e. The third-order valence-electron chi connectivity index (χ3n) is 3.60. The summed E-state index contributed by atoms with van der Waals surface area (Å²) in [6, 6.07) is 12.4. The molecule has 3 rings (SSSR count). The van der Waals surface area contributed by atoms with Gasteiger partial charge in [-0.1, -0.05) is 18.2 Å². The normalized spacial score (nSPS) is 11.2. The number of carbonyl (C=O) groups is 1.